The molecule has 0 radical (unpaired) electrons. The fourth-order valence-corrected chi connectivity index (χ4v) is 3.14. The number of nitrogens with zero attached hydrogens (tertiary/aromatic N) is 3. The first-order chi connectivity index (χ1) is 13.0. The summed E-state index contributed by atoms with van der Waals surface area (Å²) in [4.78, 5) is 36.4. The minimum absolute atomic E-state index is 0.0141. The number of carbonyl (C=O) groups excluding carboxylic acids is 2. The Morgan fingerprint density at radius 2 is 1.78 bits per heavy atom. The van der Waals surface area contributed by atoms with E-state index in [-0.39, 0.29) is 22.8 Å². The maximum Gasteiger partial charge on any atom is 0.373 e. The second kappa shape index (κ2) is 9.54. The maximum atomic E-state index is 11.6. The molecule has 142 valence electrons. The van der Waals surface area contributed by atoms with E-state index in [9.17, 15) is 10.1 Å². The van der Waals surface area contributed by atoms with E-state index >= 15 is 0 Å². The van der Waals surface area contributed by atoms with E-state index in [4.69, 9.17) is 9.59 Å². The molecule has 0 aliphatic heterocycles. The summed E-state index contributed by atoms with van der Waals surface area (Å²) in [6, 6.07) is 8.16. The van der Waals surface area contributed by atoms with Gasteiger partial charge in [-0.3, -0.25) is 10.1 Å². The molecule has 1 N–H and O–H groups in total. The van der Waals surface area contributed by atoms with Gasteiger partial charge >= 0.3 is 11.8 Å². The van der Waals surface area contributed by atoms with Gasteiger partial charge in [0.25, 0.3) is 0 Å². The van der Waals surface area contributed by atoms with Crippen LogP contribution in [0.1, 0.15) is 43.9 Å². The first kappa shape index (κ1) is 20.2. The van der Waals surface area contributed by atoms with Crippen molar-refractivity contribution >= 4 is 17.7 Å². The minimum Gasteiger partial charge on any atom is -0.361 e. The molecule has 0 spiro atoms. The van der Waals surface area contributed by atoms with Crippen molar-refractivity contribution in [3.8, 4) is 11.4 Å². The Kier molecular flexibility index (Phi) is 7.14. The SMILES string of the molecule is CCc1nc(-c2ccc(C)cc2)nc(NC2CCCC2)c1[N+](=O)[O-].O=C=O. The molecule has 1 aromatic carbocycles. The third-order valence-corrected chi connectivity index (χ3v) is 4.48. The van der Waals surface area contributed by atoms with Gasteiger partial charge in [-0.2, -0.15) is 9.59 Å². The second-order valence-corrected chi connectivity index (χ2v) is 6.38. The topological polar surface area (TPSA) is 115 Å². The van der Waals surface area contributed by atoms with Gasteiger partial charge < -0.3 is 5.32 Å². The molecule has 0 amide bonds. The molecule has 1 aromatic heterocycles. The Hall–Kier alpha value is -3.12. The third-order valence-electron chi connectivity index (χ3n) is 4.48. The van der Waals surface area contributed by atoms with Gasteiger partial charge in [0.1, 0.15) is 5.69 Å². The van der Waals surface area contributed by atoms with E-state index in [2.05, 4.69) is 15.3 Å². The lowest BCUT2D eigenvalue weighted by Crippen LogP contribution is -2.18. The number of nitro groups is 1. The first-order valence-electron chi connectivity index (χ1n) is 8.88. The standard InChI is InChI=1S/C18H22N4O2.CO2/c1-3-15-16(22(23)24)18(19-14-6-4-5-7-14)21-17(20-15)13-10-8-12(2)9-11-13;2-1-3/h8-11,14H,3-7H2,1-2H3,(H,19,20,21);. The number of hydrogen-bond acceptors (Lipinski definition) is 7. The summed E-state index contributed by atoms with van der Waals surface area (Å²) in [7, 11) is 0. The Morgan fingerprint density at radius 3 is 2.30 bits per heavy atom. The fraction of sp³-hybridized carbons (Fsp3) is 0.421. The summed E-state index contributed by atoms with van der Waals surface area (Å²) in [6.45, 7) is 3.90. The average molecular weight is 370 g/mol. The zero-order chi connectivity index (χ0) is 19.8. The van der Waals surface area contributed by atoms with Gasteiger partial charge in [-0.05, 0) is 26.2 Å². The van der Waals surface area contributed by atoms with Gasteiger partial charge in [-0.15, -0.1) is 0 Å². The highest BCUT2D eigenvalue weighted by Crippen LogP contribution is 2.32. The predicted molar refractivity (Wildman–Crippen MR) is 99.1 cm³/mol. The van der Waals surface area contributed by atoms with Gasteiger partial charge in [-0.25, -0.2) is 9.97 Å². The van der Waals surface area contributed by atoms with Gasteiger partial charge in [-0.1, -0.05) is 49.6 Å². The molecular formula is C19H22N4O4. The molecule has 1 saturated carbocycles. The van der Waals surface area contributed by atoms with Crippen LogP contribution < -0.4 is 5.32 Å². The Balaban J connectivity index is 0.000000817. The van der Waals surface area contributed by atoms with Gasteiger partial charge in [0.15, 0.2) is 5.82 Å². The van der Waals surface area contributed by atoms with Crippen LogP contribution >= 0.6 is 0 Å². The number of aromatic nitrogens is 2. The van der Waals surface area contributed by atoms with E-state index in [1.807, 2.05) is 38.1 Å². The first-order valence-corrected chi connectivity index (χ1v) is 8.88. The van der Waals surface area contributed by atoms with Crippen LogP contribution in [0, 0.1) is 17.0 Å². The maximum absolute atomic E-state index is 11.6. The van der Waals surface area contributed by atoms with Crippen molar-refractivity contribution in [2.24, 2.45) is 0 Å². The predicted octanol–water partition coefficient (Wildman–Crippen LogP) is 3.69. The van der Waals surface area contributed by atoms with E-state index in [0.29, 0.717) is 23.8 Å². The van der Waals surface area contributed by atoms with Crippen LogP contribution in [-0.4, -0.2) is 27.1 Å². The average Bonchev–Trinajstić information content (AvgIpc) is 3.15. The molecule has 1 fully saturated rings. The van der Waals surface area contributed by atoms with Crippen molar-refractivity contribution in [1.29, 1.82) is 0 Å². The molecule has 27 heavy (non-hydrogen) atoms. The third kappa shape index (κ3) is 5.18. The highest BCUT2D eigenvalue weighted by Gasteiger charge is 2.26. The Morgan fingerprint density at radius 1 is 1.19 bits per heavy atom. The molecule has 2 aromatic rings. The molecular weight excluding hydrogens is 348 g/mol. The van der Waals surface area contributed by atoms with Crippen LogP contribution in [0.15, 0.2) is 24.3 Å². The van der Waals surface area contributed by atoms with E-state index in [0.717, 1.165) is 36.8 Å². The lowest BCUT2D eigenvalue weighted by molar-refractivity contribution is -0.385. The smallest absolute Gasteiger partial charge is 0.361 e. The van der Waals surface area contributed by atoms with Crippen LogP contribution in [-0.2, 0) is 16.0 Å². The van der Waals surface area contributed by atoms with Gasteiger partial charge in [0.05, 0.1) is 4.92 Å². The summed E-state index contributed by atoms with van der Waals surface area (Å²) in [5.74, 6) is 0.896. The number of benzene rings is 1. The summed E-state index contributed by atoms with van der Waals surface area (Å²) in [5, 5.41) is 14.8. The highest BCUT2D eigenvalue weighted by atomic mass is 16.6. The molecule has 8 nitrogen and oxygen atoms in total. The van der Waals surface area contributed by atoms with E-state index in [1.165, 1.54) is 0 Å². The monoisotopic (exact) mass is 370 g/mol. The number of anilines is 1. The largest absolute Gasteiger partial charge is 0.373 e. The van der Waals surface area contributed by atoms with Crippen molar-refractivity contribution in [3.63, 3.8) is 0 Å². The van der Waals surface area contributed by atoms with Crippen LogP contribution in [0.2, 0.25) is 0 Å². The van der Waals surface area contributed by atoms with Crippen LogP contribution in [0.4, 0.5) is 11.5 Å². The van der Waals surface area contributed by atoms with E-state index in [1.54, 1.807) is 0 Å². The Bertz CT molecular complexity index is 824. The lowest BCUT2D eigenvalue weighted by Gasteiger charge is -2.15. The highest BCUT2D eigenvalue weighted by molar-refractivity contribution is 5.66. The van der Waals surface area contributed by atoms with Crippen molar-refractivity contribution in [2.75, 3.05) is 5.32 Å². The normalized spacial score (nSPS) is 13.4. The van der Waals surface area contributed by atoms with Gasteiger partial charge in [0.2, 0.25) is 5.82 Å². The molecule has 1 aliphatic carbocycles. The summed E-state index contributed by atoms with van der Waals surface area (Å²) in [6.07, 6.45) is 5.12. The molecule has 0 atom stereocenters. The van der Waals surface area contributed by atoms with Gasteiger partial charge in [0, 0.05) is 11.6 Å². The molecule has 3 rings (SSSR count). The lowest BCUT2D eigenvalue weighted by atomic mass is 10.1. The quantitative estimate of drug-likeness (QED) is 0.630. The zero-order valence-electron chi connectivity index (χ0n) is 15.4. The molecule has 0 bridgehead atoms. The molecule has 1 aliphatic rings. The number of rotatable bonds is 5. The molecule has 1 heterocycles. The zero-order valence-corrected chi connectivity index (χ0v) is 15.4. The summed E-state index contributed by atoms with van der Waals surface area (Å²) >= 11 is 0. The van der Waals surface area contributed by atoms with Crippen molar-refractivity contribution in [2.45, 2.75) is 52.0 Å². The van der Waals surface area contributed by atoms with Crippen LogP contribution in [0.3, 0.4) is 0 Å². The molecule has 0 saturated heterocycles. The van der Waals surface area contributed by atoms with Crippen molar-refractivity contribution in [3.05, 3.63) is 45.6 Å². The number of nitrogens with one attached hydrogen (secondary N) is 1. The van der Waals surface area contributed by atoms with E-state index < -0.39 is 0 Å². The minimum atomic E-state index is -0.366. The Labute approximate surface area is 157 Å². The van der Waals surface area contributed by atoms with Crippen LogP contribution in [0.25, 0.3) is 11.4 Å². The number of hydrogen-bond donors (Lipinski definition) is 1. The van der Waals surface area contributed by atoms with Crippen LogP contribution in [0.5, 0.6) is 0 Å². The fourth-order valence-electron chi connectivity index (χ4n) is 3.14. The molecule has 8 heteroatoms. The summed E-state index contributed by atoms with van der Waals surface area (Å²) < 4.78 is 0. The summed E-state index contributed by atoms with van der Waals surface area (Å²) in [5.41, 5.74) is 2.52. The van der Waals surface area contributed by atoms with Crippen molar-refractivity contribution in [1.82, 2.24) is 9.97 Å². The van der Waals surface area contributed by atoms with Crippen molar-refractivity contribution < 1.29 is 14.5 Å². The molecule has 0 unspecified atom stereocenters. The second-order valence-electron chi connectivity index (χ2n) is 6.38. The number of aryl methyl sites for hydroxylation is 2.